The number of carbonyl (C=O) groups excluding carboxylic acids is 1. The first-order valence-electron chi connectivity index (χ1n) is 7.62. The van der Waals surface area contributed by atoms with Crippen LogP contribution in [0.1, 0.15) is 45.4 Å². The minimum absolute atomic E-state index is 0.0538. The average Bonchev–Trinajstić information content (AvgIpc) is 3.11. The van der Waals surface area contributed by atoms with Crippen LogP contribution in [0, 0.1) is 23.7 Å². The van der Waals surface area contributed by atoms with Gasteiger partial charge < -0.3 is 9.53 Å². The average molecular weight is 248 g/mol. The third-order valence-electron chi connectivity index (χ3n) is 5.03. The predicted octanol–water partition coefficient (Wildman–Crippen LogP) is 3.36. The van der Waals surface area contributed by atoms with Crippen LogP contribution in [0.25, 0.3) is 0 Å². The molecule has 0 aromatic carbocycles. The molecule has 3 aliphatic rings. The lowest BCUT2D eigenvalue weighted by atomic mass is 9.67. The lowest BCUT2D eigenvalue weighted by Crippen LogP contribution is -2.35. The quantitative estimate of drug-likeness (QED) is 0.551. The Morgan fingerprint density at radius 2 is 2.11 bits per heavy atom. The van der Waals surface area contributed by atoms with Crippen molar-refractivity contribution in [1.82, 2.24) is 0 Å². The number of carbonyl (C=O) groups is 1. The van der Waals surface area contributed by atoms with Crippen LogP contribution in [-0.2, 0) is 9.53 Å². The number of aldehydes is 1. The molecule has 0 radical (unpaired) electrons. The van der Waals surface area contributed by atoms with Crippen molar-refractivity contribution in [1.29, 1.82) is 0 Å². The van der Waals surface area contributed by atoms with Crippen LogP contribution >= 0.6 is 0 Å². The summed E-state index contributed by atoms with van der Waals surface area (Å²) in [7, 11) is 0. The monoisotopic (exact) mass is 248 g/mol. The molecule has 18 heavy (non-hydrogen) atoms. The first-order chi connectivity index (χ1) is 8.83. The highest BCUT2D eigenvalue weighted by atomic mass is 16.5. The second-order valence-electron chi connectivity index (χ2n) is 6.19. The van der Waals surface area contributed by atoms with Crippen LogP contribution in [0.3, 0.4) is 0 Å². The molecule has 0 N–H and O–H groups in total. The molecule has 3 rings (SSSR count). The minimum Gasteiger partial charge on any atom is -0.374 e. The Bertz CT molecular complexity index is 339. The van der Waals surface area contributed by atoms with E-state index in [1.165, 1.54) is 32.1 Å². The molecular weight excluding hydrogens is 224 g/mol. The normalized spacial score (nSPS) is 36.9. The summed E-state index contributed by atoms with van der Waals surface area (Å²) in [5.74, 6) is 2.48. The number of ether oxygens (including phenoxy) is 1. The van der Waals surface area contributed by atoms with E-state index < -0.39 is 0 Å². The van der Waals surface area contributed by atoms with Crippen LogP contribution in [0.2, 0.25) is 0 Å². The van der Waals surface area contributed by atoms with Gasteiger partial charge in [0.15, 0.2) is 0 Å². The molecular formula is C16H24O2. The zero-order chi connectivity index (χ0) is 12.5. The zero-order valence-electron chi connectivity index (χ0n) is 11.3. The van der Waals surface area contributed by atoms with E-state index in [9.17, 15) is 4.79 Å². The first-order valence-corrected chi connectivity index (χ1v) is 7.62. The SMILES string of the molecule is CCO[C@H]1C=C(C2CCC2)[C@@H](C2CC2)CC1C=O. The van der Waals surface area contributed by atoms with Gasteiger partial charge in [-0.1, -0.05) is 18.1 Å². The van der Waals surface area contributed by atoms with E-state index in [-0.39, 0.29) is 12.0 Å². The van der Waals surface area contributed by atoms with Crippen molar-refractivity contribution in [2.75, 3.05) is 6.61 Å². The number of rotatable bonds is 5. The van der Waals surface area contributed by atoms with Crippen molar-refractivity contribution in [3.63, 3.8) is 0 Å². The van der Waals surface area contributed by atoms with Gasteiger partial charge in [0.1, 0.15) is 6.29 Å². The first kappa shape index (κ1) is 12.4. The van der Waals surface area contributed by atoms with Crippen molar-refractivity contribution < 1.29 is 9.53 Å². The molecule has 2 nitrogen and oxygen atoms in total. The fourth-order valence-electron chi connectivity index (χ4n) is 3.64. The van der Waals surface area contributed by atoms with Gasteiger partial charge in [0, 0.05) is 12.5 Å². The maximum Gasteiger partial charge on any atom is 0.126 e. The highest BCUT2D eigenvalue weighted by molar-refractivity contribution is 5.56. The van der Waals surface area contributed by atoms with E-state index in [0.717, 1.165) is 24.5 Å². The summed E-state index contributed by atoms with van der Waals surface area (Å²) in [6.07, 6.45) is 11.4. The highest BCUT2D eigenvalue weighted by Crippen LogP contribution is 2.51. The van der Waals surface area contributed by atoms with Gasteiger partial charge in [-0.3, -0.25) is 0 Å². The molecule has 0 saturated heterocycles. The van der Waals surface area contributed by atoms with E-state index in [2.05, 4.69) is 6.08 Å². The van der Waals surface area contributed by atoms with Crippen molar-refractivity contribution in [2.45, 2.75) is 51.6 Å². The number of hydrogen-bond acceptors (Lipinski definition) is 2. The fourth-order valence-corrected chi connectivity index (χ4v) is 3.64. The van der Waals surface area contributed by atoms with E-state index in [1.54, 1.807) is 5.57 Å². The van der Waals surface area contributed by atoms with Crippen LogP contribution < -0.4 is 0 Å². The van der Waals surface area contributed by atoms with E-state index in [1.807, 2.05) is 6.92 Å². The van der Waals surface area contributed by atoms with Gasteiger partial charge in [0.25, 0.3) is 0 Å². The summed E-state index contributed by atoms with van der Waals surface area (Å²) in [5, 5.41) is 0. The van der Waals surface area contributed by atoms with Gasteiger partial charge in [-0.25, -0.2) is 0 Å². The maximum atomic E-state index is 11.3. The van der Waals surface area contributed by atoms with E-state index >= 15 is 0 Å². The molecule has 0 heterocycles. The van der Waals surface area contributed by atoms with Crippen molar-refractivity contribution >= 4 is 6.29 Å². The molecule has 0 aromatic heterocycles. The fraction of sp³-hybridized carbons (Fsp3) is 0.812. The van der Waals surface area contributed by atoms with Gasteiger partial charge in [-0.05, 0) is 56.8 Å². The summed E-state index contributed by atoms with van der Waals surface area (Å²) >= 11 is 0. The predicted molar refractivity (Wildman–Crippen MR) is 71.2 cm³/mol. The van der Waals surface area contributed by atoms with Crippen LogP contribution in [0.15, 0.2) is 11.6 Å². The molecule has 0 spiro atoms. The van der Waals surface area contributed by atoms with Crippen LogP contribution in [0.5, 0.6) is 0 Å². The number of allylic oxidation sites excluding steroid dienone is 1. The van der Waals surface area contributed by atoms with Gasteiger partial charge in [0.2, 0.25) is 0 Å². The minimum atomic E-state index is 0.0538. The molecule has 0 aliphatic heterocycles. The van der Waals surface area contributed by atoms with Gasteiger partial charge >= 0.3 is 0 Å². The smallest absolute Gasteiger partial charge is 0.126 e. The molecule has 3 aliphatic carbocycles. The van der Waals surface area contributed by atoms with Gasteiger partial charge in [-0.2, -0.15) is 0 Å². The van der Waals surface area contributed by atoms with Gasteiger partial charge in [0.05, 0.1) is 6.10 Å². The molecule has 2 fully saturated rings. The van der Waals surface area contributed by atoms with Crippen LogP contribution in [-0.4, -0.2) is 19.0 Å². The second-order valence-corrected chi connectivity index (χ2v) is 6.19. The summed E-state index contributed by atoms with van der Waals surface area (Å²) in [5.41, 5.74) is 1.65. The zero-order valence-corrected chi connectivity index (χ0v) is 11.3. The van der Waals surface area contributed by atoms with Crippen molar-refractivity contribution in [3.05, 3.63) is 11.6 Å². The third kappa shape index (κ3) is 2.27. The molecule has 3 atom stereocenters. The molecule has 1 unspecified atom stereocenters. The summed E-state index contributed by atoms with van der Waals surface area (Å²) in [6, 6.07) is 0. The van der Waals surface area contributed by atoms with E-state index in [4.69, 9.17) is 4.74 Å². The largest absolute Gasteiger partial charge is 0.374 e. The molecule has 0 bridgehead atoms. The van der Waals surface area contributed by atoms with Crippen molar-refractivity contribution in [3.8, 4) is 0 Å². The standard InChI is InChI=1S/C16H24O2/c1-2-18-16-9-15(11-4-3-5-11)14(12-6-7-12)8-13(16)10-17/h9-14,16H,2-8H2,1H3/t13?,14-,16+/m1/s1. The molecule has 100 valence electrons. The Morgan fingerprint density at radius 1 is 1.33 bits per heavy atom. The Kier molecular flexibility index (Phi) is 3.56. The number of hydrogen-bond donors (Lipinski definition) is 0. The lowest BCUT2D eigenvalue weighted by Gasteiger charge is -2.39. The summed E-state index contributed by atoms with van der Waals surface area (Å²) in [6.45, 7) is 2.73. The highest BCUT2D eigenvalue weighted by Gasteiger charge is 2.42. The Balaban J connectivity index is 1.81. The molecule has 0 amide bonds. The topological polar surface area (TPSA) is 26.3 Å². The lowest BCUT2D eigenvalue weighted by molar-refractivity contribution is -0.115. The maximum absolute atomic E-state index is 11.3. The summed E-state index contributed by atoms with van der Waals surface area (Å²) in [4.78, 5) is 11.3. The second kappa shape index (κ2) is 5.16. The van der Waals surface area contributed by atoms with E-state index in [0.29, 0.717) is 12.5 Å². The molecule has 2 saturated carbocycles. The molecule has 2 heteroatoms. The Hall–Kier alpha value is -0.630. The Morgan fingerprint density at radius 3 is 2.61 bits per heavy atom. The summed E-state index contributed by atoms with van der Waals surface area (Å²) < 4.78 is 5.78. The Labute approximate surface area is 110 Å². The van der Waals surface area contributed by atoms with Gasteiger partial charge in [-0.15, -0.1) is 0 Å². The third-order valence-corrected chi connectivity index (χ3v) is 5.03. The van der Waals surface area contributed by atoms with Crippen LogP contribution in [0.4, 0.5) is 0 Å². The molecule has 0 aromatic rings. The van der Waals surface area contributed by atoms with Crippen molar-refractivity contribution in [2.24, 2.45) is 23.7 Å².